The predicted molar refractivity (Wildman–Crippen MR) is 76.0 cm³/mol. The van der Waals surface area contributed by atoms with E-state index in [4.69, 9.17) is 0 Å². The summed E-state index contributed by atoms with van der Waals surface area (Å²) in [5.74, 6) is 0.500. The molecule has 1 heterocycles. The molecule has 1 aliphatic carbocycles. The molecule has 1 aromatic carbocycles. The Morgan fingerprint density at radius 2 is 1.74 bits per heavy atom. The van der Waals surface area contributed by atoms with Crippen LogP contribution in [0.2, 0.25) is 0 Å². The van der Waals surface area contributed by atoms with Crippen LogP contribution in [0.1, 0.15) is 24.0 Å². The van der Waals surface area contributed by atoms with Gasteiger partial charge in [0.05, 0.1) is 0 Å². The van der Waals surface area contributed by atoms with E-state index in [-0.39, 0.29) is 5.92 Å². The molecule has 1 aromatic rings. The molecule has 0 unspecified atom stereocenters. The summed E-state index contributed by atoms with van der Waals surface area (Å²) in [5.41, 5.74) is 2.72. The number of amides is 1. The molecule has 3 heteroatoms. The van der Waals surface area contributed by atoms with Crippen LogP contribution >= 0.6 is 0 Å². The van der Waals surface area contributed by atoms with Gasteiger partial charge in [-0.05, 0) is 49.9 Å². The van der Waals surface area contributed by atoms with Gasteiger partial charge in [0.25, 0.3) is 0 Å². The van der Waals surface area contributed by atoms with Crippen LogP contribution < -0.4 is 5.32 Å². The average Bonchev–Trinajstić information content (AvgIpc) is 2.90. The lowest BCUT2D eigenvalue weighted by Gasteiger charge is -2.33. The van der Waals surface area contributed by atoms with E-state index in [1.54, 1.807) is 0 Å². The second-order valence-electron chi connectivity index (χ2n) is 5.80. The Hall–Kier alpha value is -1.35. The third kappa shape index (κ3) is 2.52. The molecular weight excluding hydrogens is 236 g/mol. The summed E-state index contributed by atoms with van der Waals surface area (Å²) in [4.78, 5) is 14.6. The van der Waals surface area contributed by atoms with E-state index in [0.29, 0.717) is 11.9 Å². The van der Waals surface area contributed by atoms with E-state index in [2.05, 4.69) is 29.6 Å². The minimum absolute atomic E-state index is 0.164. The molecule has 0 bridgehead atoms. The van der Waals surface area contributed by atoms with Gasteiger partial charge in [-0.3, -0.25) is 4.79 Å². The highest BCUT2D eigenvalue weighted by Gasteiger charge is 2.32. The number of nitrogens with one attached hydrogen (secondary N) is 1. The zero-order chi connectivity index (χ0) is 13.2. The molecule has 2 aliphatic rings. The highest BCUT2D eigenvalue weighted by Crippen LogP contribution is 2.28. The Kier molecular flexibility index (Phi) is 3.56. The number of nitrogens with zero attached hydrogens (tertiary/aromatic N) is 1. The standard InChI is InChI=1S/C16H22N2O/c1-18(15-6-8-17-9-7-15)16(19)14-10-12-4-2-3-5-13(12)11-14/h2-5,14-15,17H,6-11H2,1H3. The summed E-state index contributed by atoms with van der Waals surface area (Å²) in [6.07, 6.45) is 4.01. The maximum atomic E-state index is 12.6. The largest absolute Gasteiger partial charge is 0.342 e. The topological polar surface area (TPSA) is 32.3 Å². The van der Waals surface area contributed by atoms with Gasteiger partial charge in [0.1, 0.15) is 0 Å². The number of carbonyl (C=O) groups excluding carboxylic acids is 1. The van der Waals surface area contributed by atoms with Crippen molar-refractivity contribution >= 4 is 5.91 Å². The van der Waals surface area contributed by atoms with Crippen molar-refractivity contribution in [3.05, 3.63) is 35.4 Å². The average molecular weight is 258 g/mol. The van der Waals surface area contributed by atoms with Crippen molar-refractivity contribution in [2.24, 2.45) is 5.92 Å². The fourth-order valence-corrected chi connectivity index (χ4v) is 3.40. The zero-order valence-corrected chi connectivity index (χ0v) is 11.6. The maximum absolute atomic E-state index is 12.6. The molecule has 1 amide bonds. The van der Waals surface area contributed by atoms with Crippen LogP contribution in [0.4, 0.5) is 0 Å². The summed E-state index contributed by atoms with van der Waals surface area (Å²) in [7, 11) is 1.99. The SMILES string of the molecule is CN(C(=O)C1Cc2ccccc2C1)C1CCNCC1. The van der Waals surface area contributed by atoms with Gasteiger partial charge in [0.15, 0.2) is 0 Å². The number of fused-ring (bicyclic) bond motifs is 1. The van der Waals surface area contributed by atoms with Crippen molar-refractivity contribution in [3.63, 3.8) is 0 Å². The zero-order valence-electron chi connectivity index (χ0n) is 11.6. The van der Waals surface area contributed by atoms with Crippen LogP contribution in [-0.2, 0) is 17.6 Å². The second kappa shape index (κ2) is 5.33. The van der Waals surface area contributed by atoms with Gasteiger partial charge < -0.3 is 10.2 Å². The van der Waals surface area contributed by atoms with Gasteiger partial charge in [-0.1, -0.05) is 24.3 Å². The first-order valence-corrected chi connectivity index (χ1v) is 7.30. The smallest absolute Gasteiger partial charge is 0.226 e. The molecule has 0 atom stereocenters. The number of benzene rings is 1. The molecule has 1 fully saturated rings. The first-order valence-electron chi connectivity index (χ1n) is 7.30. The fraction of sp³-hybridized carbons (Fsp3) is 0.562. The monoisotopic (exact) mass is 258 g/mol. The van der Waals surface area contributed by atoms with E-state index in [0.717, 1.165) is 38.8 Å². The van der Waals surface area contributed by atoms with Crippen molar-refractivity contribution < 1.29 is 4.79 Å². The Morgan fingerprint density at radius 3 is 2.32 bits per heavy atom. The maximum Gasteiger partial charge on any atom is 0.226 e. The molecular formula is C16H22N2O. The lowest BCUT2D eigenvalue weighted by molar-refractivity contribution is -0.136. The minimum Gasteiger partial charge on any atom is -0.342 e. The fourth-order valence-electron chi connectivity index (χ4n) is 3.40. The highest BCUT2D eigenvalue weighted by atomic mass is 16.2. The van der Waals surface area contributed by atoms with Gasteiger partial charge >= 0.3 is 0 Å². The van der Waals surface area contributed by atoms with Crippen LogP contribution in [0.5, 0.6) is 0 Å². The van der Waals surface area contributed by atoms with Crippen molar-refractivity contribution in [2.75, 3.05) is 20.1 Å². The lowest BCUT2D eigenvalue weighted by atomic mass is 10.0. The van der Waals surface area contributed by atoms with Crippen LogP contribution in [0.3, 0.4) is 0 Å². The molecule has 0 saturated carbocycles. The van der Waals surface area contributed by atoms with Crippen LogP contribution in [0, 0.1) is 5.92 Å². The molecule has 1 aliphatic heterocycles. The molecule has 3 nitrogen and oxygen atoms in total. The van der Waals surface area contributed by atoms with Crippen molar-refractivity contribution in [1.29, 1.82) is 0 Å². The van der Waals surface area contributed by atoms with Gasteiger partial charge in [0.2, 0.25) is 5.91 Å². The molecule has 1 saturated heterocycles. The number of hydrogen-bond donors (Lipinski definition) is 1. The summed E-state index contributed by atoms with van der Waals surface area (Å²) >= 11 is 0. The molecule has 0 spiro atoms. The van der Waals surface area contributed by atoms with E-state index < -0.39 is 0 Å². The van der Waals surface area contributed by atoms with Crippen LogP contribution in [-0.4, -0.2) is 37.0 Å². The Balaban J connectivity index is 1.65. The predicted octanol–water partition coefficient (Wildman–Crippen LogP) is 1.61. The highest BCUT2D eigenvalue weighted by molar-refractivity contribution is 5.80. The summed E-state index contributed by atoms with van der Waals surface area (Å²) in [5, 5.41) is 3.35. The van der Waals surface area contributed by atoms with E-state index in [1.165, 1.54) is 11.1 Å². The molecule has 19 heavy (non-hydrogen) atoms. The third-order valence-electron chi connectivity index (χ3n) is 4.60. The Bertz CT molecular complexity index is 441. The normalized spacial score (nSPS) is 20.3. The molecule has 1 N–H and O–H groups in total. The molecule has 0 radical (unpaired) electrons. The van der Waals surface area contributed by atoms with Crippen molar-refractivity contribution in [2.45, 2.75) is 31.7 Å². The number of piperidine rings is 1. The van der Waals surface area contributed by atoms with E-state index in [9.17, 15) is 4.79 Å². The first-order chi connectivity index (χ1) is 9.25. The Labute approximate surface area is 115 Å². The minimum atomic E-state index is 0.164. The molecule has 102 valence electrons. The van der Waals surface area contributed by atoms with Crippen molar-refractivity contribution in [3.8, 4) is 0 Å². The quantitative estimate of drug-likeness (QED) is 0.874. The summed E-state index contributed by atoms with van der Waals surface area (Å²) in [6.45, 7) is 2.07. The third-order valence-corrected chi connectivity index (χ3v) is 4.60. The van der Waals surface area contributed by atoms with E-state index in [1.807, 2.05) is 11.9 Å². The summed E-state index contributed by atoms with van der Waals surface area (Å²) in [6, 6.07) is 8.89. The lowest BCUT2D eigenvalue weighted by Crippen LogP contribution is -2.46. The van der Waals surface area contributed by atoms with Gasteiger partial charge in [-0.25, -0.2) is 0 Å². The Morgan fingerprint density at radius 1 is 1.16 bits per heavy atom. The molecule has 0 aromatic heterocycles. The number of carbonyl (C=O) groups is 1. The number of hydrogen-bond acceptors (Lipinski definition) is 2. The van der Waals surface area contributed by atoms with Crippen molar-refractivity contribution in [1.82, 2.24) is 10.2 Å². The second-order valence-corrected chi connectivity index (χ2v) is 5.80. The number of rotatable bonds is 2. The summed E-state index contributed by atoms with van der Waals surface area (Å²) < 4.78 is 0. The first kappa shape index (κ1) is 12.7. The van der Waals surface area contributed by atoms with E-state index >= 15 is 0 Å². The van der Waals surface area contributed by atoms with Gasteiger partial charge in [0, 0.05) is 19.0 Å². The molecule has 3 rings (SSSR count). The van der Waals surface area contributed by atoms with Crippen LogP contribution in [0.15, 0.2) is 24.3 Å². The van der Waals surface area contributed by atoms with Gasteiger partial charge in [-0.2, -0.15) is 0 Å². The van der Waals surface area contributed by atoms with Gasteiger partial charge in [-0.15, -0.1) is 0 Å². The van der Waals surface area contributed by atoms with Crippen LogP contribution in [0.25, 0.3) is 0 Å².